The van der Waals surface area contributed by atoms with E-state index in [-0.39, 0.29) is 18.4 Å². The highest BCUT2D eigenvalue weighted by molar-refractivity contribution is 5.76. The topological polar surface area (TPSA) is 66.8 Å². The van der Waals surface area contributed by atoms with Crippen molar-refractivity contribution in [3.63, 3.8) is 0 Å². The Morgan fingerprint density at radius 2 is 1.82 bits per heavy atom. The van der Waals surface area contributed by atoms with E-state index in [1.165, 1.54) is 0 Å². The molecule has 2 fully saturated rings. The van der Waals surface area contributed by atoms with Crippen LogP contribution in [0.5, 0.6) is 0 Å². The molecule has 0 spiro atoms. The Hall–Kier alpha value is -1.10. The van der Waals surface area contributed by atoms with Crippen LogP contribution in [-0.2, 0) is 14.3 Å². The number of aliphatic carboxylic acids is 1. The van der Waals surface area contributed by atoms with Crippen molar-refractivity contribution in [2.45, 2.75) is 70.3 Å². The number of nitrogens with zero attached hydrogens (tertiary/aromatic N) is 1. The molecule has 126 valence electrons. The average molecular weight is 311 g/mol. The van der Waals surface area contributed by atoms with Crippen LogP contribution < -0.4 is 0 Å². The number of carbonyl (C=O) groups is 2. The maximum Gasteiger partial charge on any atom is 0.303 e. The first kappa shape index (κ1) is 17.3. The largest absolute Gasteiger partial charge is 0.481 e. The Morgan fingerprint density at radius 1 is 1.05 bits per heavy atom. The standard InChI is InChI=1S/C17H29NO4/c19-16(6-3-4-14-9-12-22-13-10-14)18-11-2-1-5-15(18)7-8-17(20)21/h14-15H,1-13H2,(H,20,21). The molecule has 2 rings (SSSR count). The maximum atomic E-state index is 12.4. The lowest BCUT2D eigenvalue weighted by molar-refractivity contribution is -0.140. The van der Waals surface area contributed by atoms with Crippen LogP contribution in [0.15, 0.2) is 0 Å². The molecule has 0 radical (unpaired) electrons. The highest BCUT2D eigenvalue weighted by Crippen LogP contribution is 2.24. The van der Waals surface area contributed by atoms with Crippen LogP contribution >= 0.6 is 0 Å². The molecule has 2 aliphatic rings. The molecule has 2 heterocycles. The minimum absolute atomic E-state index is 0.139. The summed E-state index contributed by atoms with van der Waals surface area (Å²) in [7, 11) is 0. The number of carboxylic acid groups (broad SMARTS) is 1. The smallest absolute Gasteiger partial charge is 0.303 e. The van der Waals surface area contributed by atoms with E-state index < -0.39 is 5.97 Å². The van der Waals surface area contributed by atoms with E-state index in [1.807, 2.05) is 4.90 Å². The SMILES string of the molecule is O=C(O)CCC1CCCCN1C(=O)CCCC1CCOCC1. The van der Waals surface area contributed by atoms with Crippen LogP contribution in [0.25, 0.3) is 0 Å². The molecule has 1 unspecified atom stereocenters. The van der Waals surface area contributed by atoms with Gasteiger partial charge in [0.05, 0.1) is 0 Å². The second-order valence-electron chi connectivity index (χ2n) is 6.62. The third-order valence-corrected chi connectivity index (χ3v) is 4.98. The van der Waals surface area contributed by atoms with Crippen molar-refractivity contribution >= 4 is 11.9 Å². The third-order valence-electron chi connectivity index (χ3n) is 4.98. The predicted molar refractivity (Wildman–Crippen MR) is 83.6 cm³/mol. The lowest BCUT2D eigenvalue weighted by Crippen LogP contribution is -2.43. The van der Waals surface area contributed by atoms with Crippen molar-refractivity contribution in [3.8, 4) is 0 Å². The van der Waals surface area contributed by atoms with Gasteiger partial charge in [-0.3, -0.25) is 9.59 Å². The van der Waals surface area contributed by atoms with Gasteiger partial charge in [0, 0.05) is 38.6 Å². The first-order chi connectivity index (χ1) is 10.7. The Balaban J connectivity index is 1.72. The minimum Gasteiger partial charge on any atom is -0.481 e. The Morgan fingerprint density at radius 3 is 2.55 bits per heavy atom. The molecular weight excluding hydrogens is 282 g/mol. The number of carbonyl (C=O) groups excluding carboxylic acids is 1. The molecule has 5 nitrogen and oxygen atoms in total. The molecule has 5 heteroatoms. The van der Waals surface area contributed by atoms with Crippen LogP contribution in [0.3, 0.4) is 0 Å². The molecule has 0 aromatic rings. The minimum atomic E-state index is -0.766. The highest BCUT2D eigenvalue weighted by atomic mass is 16.5. The number of ether oxygens (including phenoxy) is 1. The summed E-state index contributed by atoms with van der Waals surface area (Å²) in [5.74, 6) is 0.172. The zero-order valence-corrected chi connectivity index (χ0v) is 13.5. The number of likely N-dealkylation sites (tertiary alicyclic amines) is 1. The Bertz CT molecular complexity index is 366. The molecule has 0 aromatic carbocycles. The molecule has 0 aliphatic carbocycles. The van der Waals surface area contributed by atoms with Gasteiger partial charge in [0.2, 0.25) is 5.91 Å². The normalized spacial score (nSPS) is 23.5. The lowest BCUT2D eigenvalue weighted by Gasteiger charge is -2.36. The van der Waals surface area contributed by atoms with Gasteiger partial charge in [-0.15, -0.1) is 0 Å². The number of rotatable bonds is 7. The van der Waals surface area contributed by atoms with Gasteiger partial charge in [-0.25, -0.2) is 0 Å². The summed E-state index contributed by atoms with van der Waals surface area (Å²) < 4.78 is 5.36. The summed E-state index contributed by atoms with van der Waals surface area (Å²) in [4.78, 5) is 25.2. The number of amides is 1. The van der Waals surface area contributed by atoms with Crippen LogP contribution in [0.1, 0.15) is 64.2 Å². The van der Waals surface area contributed by atoms with Crippen LogP contribution in [-0.4, -0.2) is 47.7 Å². The van der Waals surface area contributed by atoms with E-state index in [4.69, 9.17) is 9.84 Å². The molecule has 2 saturated heterocycles. The molecule has 22 heavy (non-hydrogen) atoms. The van der Waals surface area contributed by atoms with Crippen molar-refractivity contribution in [2.24, 2.45) is 5.92 Å². The van der Waals surface area contributed by atoms with Crippen molar-refractivity contribution in [1.82, 2.24) is 4.90 Å². The number of carboxylic acids is 1. The van der Waals surface area contributed by atoms with Gasteiger partial charge in [0.1, 0.15) is 0 Å². The Kier molecular flexibility index (Phi) is 7.16. The molecule has 1 N–H and O–H groups in total. The first-order valence-electron chi connectivity index (χ1n) is 8.76. The monoisotopic (exact) mass is 311 g/mol. The summed E-state index contributed by atoms with van der Waals surface area (Å²) >= 11 is 0. The van der Waals surface area contributed by atoms with Crippen molar-refractivity contribution in [2.75, 3.05) is 19.8 Å². The Labute approximate surface area is 133 Å². The van der Waals surface area contributed by atoms with Crippen molar-refractivity contribution < 1.29 is 19.4 Å². The number of hydrogen-bond acceptors (Lipinski definition) is 3. The quantitative estimate of drug-likeness (QED) is 0.785. The van der Waals surface area contributed by atoms with E-state index in [0.717, 1.165) is 64.7 Å². The van der Waals surface area contributed by atoms with E-state index in [2.05, 4.69) is 0 Å². The second kappa shape index (κ2) is 9.13. The van der Waals surface area contributed by atoms with Gasteiger partial charge in [-0.2, -0.15) is 0 Å². The molecule has 1 amide bonds. The van der Waals surface area contributed by atoms with Crippen LogP contribution in [0, 0.1) is 5.92 Å². The molecule has 0 aromatic heterocycles. The number of hydrogen-bond donors (Lipinski definition) is 1. The summed E-state index contributed by atoms with van der Waals surface area (Å²) in [6.07, 6.45) is 8.80. The van der Waals surface area contributed by atoms with Gasteiger partial charge in [0.25, 0.3) is 0 Å². The summed E-state index contributed by atoms with van der Waals surface area (Å²) in [6, 6.07) is 0.139. The van der Waals surface area contributed by atoms with E-state index >= 15 is 0 Å². The molecule has 0 saturated carbocycles. The van der Waals surface area contributed by atoms with Crippen molar-refractivity contribution in [3.05, 3.63) is 0 Å². The molecular formula is C17H29NO4. The second-order valence-corrected chi connectivity index (χ2v) is 6.62. The van der Waals surface area contributed by atoms with Gasteiger partial charge in [-0.1, -0.05) is 0 Å². The van der Waals surface area contributed by atoms with E-state index in [1.54, 1.807) is 0 Å². The lowest BCUT2D eigenvalue weighted by atomic mass is 9.93. The fraction of sp³-hybridized carbons (Fsp3) is 0.882. The van der Waals surface area contributed by atoms with Gasteiger partial charge < -0.3 is 14.7 Å². The van der Waals surface area contributed by atoms with E-state index in [0.29, 0.717) is 18.8 Å². The molecule has 0 bridgehead atoms. The van der Waals surface area contributed by atoms with Gasteiger partial charge in [0.15, 0.2) is 0 Å². The fourth-order valence-electron chi connectivity index (χ4n) is 3.64. The first-order valence-corrected chi connectivity index (χ1v) is 8.76. The van der Waals surface area contributed by atoms with Crippen LogP contribution in [0.2, 0.25) is 0 Å². The van der Waals surface area contributed by atoms with Gasteiger partial charge >= 0.3 is 5.97 Å². The predicted octanol–water partition coefficient (Wildman–Crippen LogP) is 2.83. The zero-order chi connectivity index (χ0) is 15.8. The zero-order valence-electron chi connectivity index (χ0n) is 13.5. The molecule has 1 atom stereocenters. The summed E-state index contributed by atoms with van der Waals surface area (Å²) in [6.45, 7) is 2.53. The molecule has 2 aliphatic heterocycles. The van der Waals surface area contributed by atoms with E-state index in [9.17, 15) is 9.59 Å². The van der Waals surface area contributed by atoms with Crippen molar-refractivity contribution in [1.29, 1.82) is 0 Å². The maximum absolute atomic E-state index is 12.4. The van der Waals surface area contributed by atoms with Gasteiger partial charge in [-0.05, 0) is 57.3 Å². The third kappa shape index (κ3) is 5.59. The highest BCUT2D eigenvalue weighted by Gasteiger charge is 2.26. The number of piperidine rings is 1. The van der Waals surface area contributed by atoms with Crippen LogP contribution in [0.4, 0.5) is 0 Å². The summed E-state index contributed by atoms with van der Waals surface area (Å²) in [5.41, 5.74) is 0. The fourth-order valence-corrected chi connectivity index (χ4v) is 3.64. The summed E-state index contributed by atoms with van der Waals surface area (Å²) in [5, 5.41) is 8.84. The average Bonchev–Trinajstić information content (AvgIpc) is 2.54.